The zero-order valence-electron chi connectivity index (χ0n) is 10.9. The third-order valence-corrected chi connectivity index (χ3v) is 3.16. The topological polar surface area (TPSA) is 66.8 Å². The Kier molecular flexibility index (Phi) is 6.61. The summed E-state index contributed by atoms with van der Waals surface area (Å²) < 4.78 is 5.29. The molecule has 0 fully saturated rings. The third-order valence-electron chi connectivity index (χ3n) is 2.43. The first-order valence-corrected chi connectivity index (χ1v) is 6.77. The molecule has 0 spiro atoms. The van der Waals surface area contributed by atoms with Crippen molar-refractivity contribution in [1.29, 1.82) is 0 Å². The predicted octanol–water partition coefficient (Wildman–Crippen LogP) is 2.70. The van der Waals surface area contributed by atoms with Gasteiger partial charge in [0.15, 0.2) is 6.61 Å². The summed E-state index contributed by atoms with van der Waals surface area (Å²) in [7, 11) is 0. The summed E-state index contributed by atoms with van der Waals surface area (Å²) in [6.07, 6.45) is 0.672. The van der Waals surface area contributed by atoms with E-state index in [-0.39, 0.29) is 19.1 Å². The Morgan fingerprint density at radius 2 is 2.00 bits per heavy atom. The molecule has 0 aliphatic heterocycles. The van der Waals surface area contributed by atoms with Crippen molar-refractivity contribution in [2.45, 2.75) is 13.3 Å². The molecule has 0 aliphatic carbocycles. The number of carbonyl (C=O) groups excluding carboxylic acids is 1. The van der Waals surface area contributed by atoms with Crippen molar-refractivity contribution in [2.75, 3.05) is 19.7 Å². The second-order valence-electron chi connectivity index (χ2n) is 4.07. The highest BCUT2D eigenvalue weighted by Crippen LogP contribution is 2.26. The molecule has 0 unspecified atom stereocenters. The van der Waals surface area contributed by atoms with Crippen LogP contribution in [0.25, 0.3) is 0 Å². The molecular formula is C13H15Cl2NO4. The number of aliphatic carboxylic acids is 1. The number of carbonyl (C=O) groups is 2. The smallest absolute Gasteiger partial charge is 0.323 e. The van der Waals surface area contributed by atoms with E-state index in [0.29, 0.717) is 28.8 Å². The van der Waals surface area contributed by atoms with Crippen molar-refractivity contribution in [3.05, 3.63) is 28.2 Å². The van der Waals surface area contributed by atoms with Gasteiger partial charge in [0.05, 0.1) is 10.0 Å². The van der Waals surface area contributed by atoms with Gasteiger partial charge in [-0.15, -0.1) is 0 Å². The second kappa shape index (κ2) is 7.97. The number of amides is 1. The summed E-state index contributed by atoms with van der Waals surface area (Å²) >= 11 is 11.6. The number of hydrogen-bond acceptors (Lipinski definition) is 3. The van der Waals surface area contributed by atoms with E-state index in [1.165, 1.54) is 11.0 Å². The van der Waals surface area contributed by atoms with Crippen LogP contribution in [0.3, 0.4) is 0 Å². The summed E-state index contributed by atoms with van der Waals surface area (Å²) in [5.41, 5.74) is 0. The number of benzene rings is 1. The average molecular weight is 320 g/mol. The SMILES string of the molecule is CCCN(CC(=O)O)C(=O)COc1ccc(Cl)c(Cl)c1. The summed E-state index contributed by atoms with van der Waals surface area (Å²) in [4.78, 5) is 23.8. The molecule has 0 aliphatic rings. The molecule has 5 nitrogen and oxygen atoms in total. The highest BCUT2D eigenvalue weighted by atomic mass is 35.5. The average Bonchev–Trinajstić information content (AvgIpc) is 2.39. The Bertz CT molecular complexity index is 493. The number of halogens is 2. The largest absolute Gasteiger partial charge is 0.484 e. The quantitative estimate of drug-likeness (QED) is 0.839. The molecule has 0 heterocycles. The first-order valence-electron chi connectivity index (χ1n) is 6.01. The van der Waals surface area contributed by atoms with Crippen LogP contribution in [0.2, 0.25) is 10.0 Å². The molecule has 1 aromatic carbocycles. The lowest BCUT2D eigenvalue weighted by Gasteiger charge is -2.20. The molecule has 7 heteroatoms. The standard InChI is InChI=1S/C13H15Cl2NO4/c1-2-5-16(7-13(18)19)12(17)8-20-9-3-4-10(14)11(15)6-9/h3-4,6H,2,5,7-8H2,1H3,(H,18,19). The zero-order valence-corrected chi connectivity index (χ0v) is 12.4. The molecule has 0 radical (unpaired) electrons. The molecule has 1 rings (SSSR count). The molecular weight excluding hydrogens is 305 g/mol. The second-order valence-corrected chi connectivity index (χ2v) is 4.89. The van der Waals surface area contributed by atoms with Gasteiger partial charge >= 0.3 is 5.97 Å². The number of rotatable bonds is 7. The van der Waals surface area contributed by atoms with E-state index in [2.05, 4.69) is 0 Å². The third kappa shape index (κ3) is 5.27. The van der Waals surface area contributed by atoms with Gasteiger partial charge < -0.3 is 14.7 Å². The van der Waals surface area contributed by atoms with Crippen LogP contribution in [0.4, 0.5) is 0 Å². The van der Waals surface area contributed by atoms with Gasteiger partial charge in [-0.05, 0) is 18.6 Å². The van der Waals surface area contributed by atoms with Gasteiger partial charge in [0.25, 0.3) is 5.91 Å². The highest BCUT2D eigenvalue weighted by Gasteiger charge is 2.16. The van der Waals surface area contributed by atoms with Gasteiger partial charge in [0.2, 0.25) is 0 Å². The van der Waals surface area contributed by atoms with E-state index in [9.17, 15) is 9.59 Å². The molecule has 0 bridgehead atoms. The lowest BCUT2D eigenvalue weighted by Crippen LogP contribution is -2.39. The minimum atomic E-state index is -1.05. The van der Waals surface area contributed by atoms with Crippen molar-refractivity contribution >= 4 is 35.1 Å². The number of carboxylic acid groups (broad SMARTS) is 1. The summed E-state index contributed by atoms with van der Waals surface area (Å²) in [6, 6.07) is 4.64. The van der Waals surface area contributed by atoms with Crippen molar-refractivity contribution in [1.82, 2.24) is 4.90 Å². The maximum absolute atomic E-state index is 11.9. The van der Waals surface area contributed by atoms with Gasteiger partial charge in [-0.3, -0.25) is 9.59 Å². The molecule has 1 aromatic rings. The Morgan fingerprint density at radius 3 is 2.55 bits per heavy atom. The lowest BCUT2D eigenvalue weighted by molar-refractivity contribution is -0.145. The van der Waals surface area contributed by atoms with Crippen LogP contribution < -0.4 is 4.74 Å². The van der Waals surface area contributed by atoms with E-state index in [4.69, 9.17) is 33.0 Å². The minimum absolute atomic E-state index is 0.245. The first kappa shape index (κ1) is 16.6. The fourth-order valence-corrected chi connectivity index (χ4v) is 1.82. The van der Waals surface area contributed by atoms with Gasteiger partial charge in [-0.2, -0.15) is 0 Å². The van der Waals surface area contributed by atoms with Crippen molar-refractivity contribution < 1.29 is 19.4 Å². The number of hydrogen-bond donors (Lipinski definition) is 1. The Labute approximate surface area is 127 Å². The summed E-state index contributed by atoms with van der Waals surface area (Å²) in [6.45, 7) is 1.65. The van der Waals surface area contributed by atoms with E-state index in [1.807, 2.05) is 6.92 Å². The number of ether oxygens (including phenoxy) is 1. The molecule has 1 N–H and O–H groups in total. The first-order chi connectivity index (χ1) is 9.43. The van der Waals surface area contributed by atoms with Crippen molar-refractivity contribution in [3.8, 4) is 5.75 Å². The molecule has 1 amide bonds. The molecule has 0 saturated heterocycles. The van der Waals surface area contributed by atoms with Crippen LogP contribution in [-0.4, -0.2) is 41.6 Å². The maximum Gasteiger partial charge on any atom is 0.323 e. The lowest BCUT2D eigenvalue weighted by atomic mass is 10.3. The zero-order chi connectivity index (χ0) is 15.1. The number of carboxylic acids is 1. The van der Waals surface area contributed by atoms with Crippen LogP contribution in [0.15, 0.2) is 18.2 Å². The van der Waals surface area contributed by atoms with Gasteiger partial charge in [0, 0.05) is 12.6 Å². The van der Waals surface area contributed by atoms with E-state index in [1.54, 1.807) is 12.1 Å². The molecule has 20 heavy (non-hydrogen) atoms. The van der Waals surface area contributed by atoms with Gasteiger partial charge in [-0.1, -0.05) is 30.1 Å². The van der Waals surface area contributed by atoms with Crippen LogP contribution in [0.5, 0.6) is 5.75 Å². The van der Waals surface area contributed by atoms with E-state index >= 15 is 0 Å². The fourth-order valence-electron chi connectivity index (χ4n) is 1.53. The van der Waals surface area contributed by atoms with Gasteiger partial charge in [-0.25, -0.2) is 0 Å². The molecule has 0 aromatic heterocycles. The normalized spacial score (nSPS) is 10.2. The Balaban J connectivity index is 2.59. The van der Waals surface area contributed by atoms with Crippen molar-refractivity contribution in [2.24, 2.45) is 0 Å². The van der Waals surface area contributed by atoms with Crippen LogP contribution in [0, 0.1) is 0 Å². The van der Waals surface area contributed by atoms with Gasteiger partial charge in [0.1, 0.15) is 12.3 Å². The fraction of sp³-hybridized carbons (Fsp3) is 0.385. The van der Waals surface area contributed by atoms with E-state index < -0.39 is 5.97 Å². The molecule has 110 valence electrons. The van der Waals surface area contributed by atoms with Crippen molar-refractivity contribution in [3.63, 3.8) is 0 Å². The Hall–Kier alpha value is -1.46. The summed E-state index contributed by atoms with van der Waals surface area (Å²) in [5, 5.41) is 9.46. The molecule has 0 atom stereocenters. The minimum Gasteiger partial charge on any atom is -0.484 e. The highest BCUT2D eigenvalue weighted by molar-refractivity contribution is 6.42. The van der Waals surface area contributed by atoms with Crippen LogP contribution in [-0.2, 0) is 9.59 Å². The van der Waals surface area contributed by atoms with Crippen LogP contribution >= 0.6 is 23.2 Å². The molecule has 0 saturated carbocycles. The summed E-state index contributed by atoms with van der Waals surface area (Å²) in [5.74, 6) is -1.04. The predicted molar refractivity (Wildman–Crippen MR) is 76.5 cm³/mol. The number of nitrogens with zero attached hydrogens (tertiary/aromatic N) is 1. The van der Waals surface area contributed by atoms with Crippen LogP contribution in [0.1, 0.15) is 13.3 Å². The monoisotopic (exact) mass is 319 g/mol. The van der Waals surface area contributed by atoms with E-state index in [0.717, 1.165) is 0 Å². The maximum atomic E-state index is 11.9. The Morgan fingerprint density at radius 1 is 1.30 bits per heavy atom.